The van der Waals surface area contributed by atoms with Crippen LogP contribution in [0.2, 0.25) is 0 Å². The van der Waals surface area contributed by atoms with Crippen molar-refractivity contribution in [1.29, 1.82) is 0 Å². The molecule has 1 aromatic carbocycles. The highest BCUT2D eigenvalue weighted by molar-refractivity contribution is 5.85. The molecule has 0 bridgehead atoms. The molecule has 0 saturated carbocycles. The molecule has 1 heterocycles. The summed E-state index contributed by atoms with van der Waals surface area (Å²) in [4.78, 5) is 2.58. The predicted molar refractivity (Wildman–Crippen MR) is 99.1 cm³/mol. The van der Waals surface area contributed by atoms with Crippen molar-refractivity contribution in [2.75, 3.05) is 33.3 Å². The Morgan fingerprint density at radius 1 is 1.18 bits per heavy atom. The van der Waals surface area contributed by atoms with E-state index in [2.05, 4.69) is 49.2 Å². The van der Waals surface area contributed by atoms with Crippen LogP contribution in [0.4, 0.5) is 0 Å². The van der Waals surface area contributed by atoms with Crippen molar-refractivity contribution in [3.05, 3.63) is 29.3 Å². The van der Waals surface area contributed by atoms with Crippen LogP contribution in [0.5, 0.6) is 5.75 Å². The zero-order valence-corrected chi connectivity index (χ0v) is 15.7. The summed E-state index contributed by atoms with van der Waals surface area (Å²) in [7, 11) is 1.78. The molecule has 3 nitrogen and oxygen atoms in total. The third-order valence-electron chi connectivity index (χ3n) is 4.26. The van der Waals surface area contributed by atoms with E-state index in [0.29, 0.717) is 12.0 Å². The lowest BCUT2D eigenvalue weighted by Gasteiger charge is -2.35. The van der Waals surface area contributed by atoms with Crippen LogP contribution in [0.3, 0.4) is 0 Å². The Morgan fingerprint density at radius 3 is 2.32 bits per heavy atom. The average molecular weight is 349 g/mol. The van der Waals surface area contributed by atoms with Gasteiger partial charge in [0, 0.05) is 37.8 Å². The van der Waals surface area contributed by atoms with Gasteiger partial charge in [-0.2, -0.15) is 0 Å². The van der Waals surface area contributed by atoms with Gasteiger partial charge in [-0.1, -0.05) is 32.9 Å². The molecule has 1 aliphatic heterocycles. The molecule has 5 heteroatoms. The van der Waals surface area contributed by atoms with E-state index in [1.807, 2.05) is 0 Å². The highest BCUT2D eigenvalue weighted by Crippen LogP contribution is 2.34. The summed E-state index contributed by atoms with van der Waals surface area (Å²) >= 11 is 0. The van der Waals surface area contributed by atoms with Gasteiger partial charge in [0.1, 0.15) is 5.75 Å². The molecule has 128 valence electrons. The molecule has 0 amide bonds. The van der Waals surface area contributed by atoms with E-state index in [4.69, 9.17) is 4.74 Å². The minimum Gasteiger partial charge on any atom is -0.496 e. The number of rotatable bonds is 5. The Bertz CT molecular complexity index is 435. The van der Waals surface area contributed by atoms with E-state index in [-0.39, 0.29) is 24.8 Å². The van der Waals surface area contributed by atoms with E-state index >= 15 is 0 Å². The Balaban J connectivity index is 0.00000220. The SMILES string of the molecule is CC[C@H](c1cc(C(C)C)ccc1OC)N1CCNCC1.Cl.Cl. The van der Waals surface area contributed by atoms with Gasteiger partial charge in [-0.15, -0.1) is 24.8 Å². The van der Waals surface area contributed by atoms with E-state index in [0.717, 1.165) is 38.3 Å². The van der Waals surface area contributed by atoms with Gasteiger partial charge < -0.3 is 10.1 Å². The standard InChI is InChI=1S/C17H28N2O.2ClH/c1-5-16(19-10-8-18-9-11-19)15-12-14(13(2)3)6-7-17(15)20-4;;/h6-7,12-13,16,18H,5,8-11H2,1-4H3;2*1H/t16-;;/m1../s1. The predicted octanol–water partition coefficient (Wildman–Crippen LogP) is 4.02. The minimum absolute atomic E-state index is 0. The van der Waals surface area contributed by atoms with Crippen LogP contribution in [0, 0.1) is 0 Å². The van der Waals surface area contributed by atoms with Crippen LogP contribution in [-0.2, 0) is 0 Å². The fourth-order valence-electron chi connectivity index (χ4n) is 3.04. The summed E-state index contributed by atoms with van der Waals surface area (Å²) in [6.45, 7) is 11.2. The van der Waals surface area contributed by atoms with Gasteiger partial charge in [-0.3, -0.25) is 4.90 Å². The summed E-state index contributed by atoms with van der Waals surface area (Å²) in [6, 6.07) is 7.14. The van der Waals surface area contributed by atoms with Gasteiger partial charge in [0.05, 0.1) is 7.11 Å². The molecule has 0 aliphatic carbocycles. The first-order valence-electron chi connectivity index (χ1n) is 7.80. The number of halogens is 2. The molecule has 0 aromatic heterocycles. The maximum absolute atomic E-state index is 5.61. The molecule has 1 aromatic rings. The molecule has 0 spiro atoms. The zero-order chi connectivity index (χ0) is 14.5. The summed E-state index contributed by atoms with van der Waals surface area (Å²) < 4.78 is 5.61. The number of piperazine rings is 1. The quantitative estimate of drug-likeness (QED) is 0.869. The fourth-order valence-corrected chi connectivity index (χ4v) is 3.04. The third-order valence-corrected chi connectivity index (χ3v) is 4.26. The van der Waals surface area contributed by atoms with E-state index in [9.17, 15) is 0 Å². The van der Waals surface area contributed by atoms with Gasteiger partial charge in [0.2, 0.25) is 0 Å². The van der Waals surface area contributed by atoms with Crippen LogP contribution in [0.1, 0.15) is 50.3 Å². The van der Waals surface area contributed by atoms with Crippen molar-refractivity contribution >= 4 is 24.8 Å². The first kappa shape index (κ1) is 21.5. The maximum Gasteiger partial charge on any atom is 0.123 e. The Kier molecular flexibility index (Phi) is 10.1. The monoisotopic (exact) mass is 348 g/mol. The van der Waals surface area contributed by atoms with Crippen LogP contribution in [0.15, 0.2) is 18.2 Å². The summed E-state index contributed by atoms with van der Waals surface area (Å²) in [5.74, 6) is 1.58. The molecule has 1 atom stereocenters. The van der Waals surface area contributed by atoms with E-state index in [1.165, 1.54) is 11.1 Å². The minimum atomic E-state index is 0. The number of nitrogens with zero attached hydrogens (tertiary/aromatic N) is 1. The molecule has 2 rings (SSSR count). The van der Waals surface area contributed by atoms with Crippen molar-refractivity contribution in [2.45, 2.75) is 39.2 Å². The van der Waals surface area contributed by atoms with Crippen molar-refractivity contribution in [1.82, 2.24) is 10.2 Å². The second-order valence-corrected chi connectivity index (χ2v) is 5.87. The maximum atomic E-state index is 5.61. The first-order valence-corrected chi connectivity index (χ1v) is 7.80. The summed E-state index contributed by atoms with van der Waals surface area (Å²) in [6.07, 6.45) is 1.12. The van der Waals surface area contributed by atoms with Gasteiger partial charge in [-0.05, 0) is 24.0 Å². The lowest BCUT2D eigenvalue weighted by Crippen LogP contribution is -2.45. The van der Waals surface area contributed by atoms with Crippen LogP contribution >= 0.6 is 24.8 Å². The second-order valence-electron chi connectivity index (χ2n) is 5.87. The molecule has 0 radical (unpaired) electrons. The molecular formula is C17H30Cl2N2O. The smallest absolute Gasteiger partial charge is 0.123 e. The van der Waals surface area contributed by atoms with E-state index in [1.54, 1.807) is 7.11 Å². The third kappa shape index (κ3) is 5.02. The number of benzene rings is 1. The van der Waals surface area contributed by atoms with Crippen LogP contribution < -0.4 is 10.1 Å². The van der Waals surface area contributed by atoms with Crippen LogP contribution in [-0.4, -0.2) is 38.2 Å². The number of methoxy groups -OCH3 is 1. The highest BCUT2D eigenvalue weighted by atomic mass is 35.5. The lowest BCUT2D eigenvalue weighted by molar-refractivity contribution is 0.166. The second kappa shape index (κ2) is 10.3. The summed E-state index contributed by atoms with van der Waals surface area (Å²) in [5, 5.41) is 3.43. The molecule has 1 aliphatic rings. The van der Waals surface area contributed by atoms with Crippen molar-refractivity contribution in [3.63, 3.8) is 0 Å². The molecule has 0 unspecified atom stereocenters. The Morgan fingerprint density at radius 2 is 1.82 bits per heavy atom. The molecule has 1 saturated heterocycles. The Labute approximate surface area is 147 Å². The summed E-state index contributed by atoms with van der Waals surface area (Å²) in [5.41, 5.74) is 2.75. The zero-order valence-electron chi connectivity index (χ0n) is 14.1. The molecule has 1 N–H and O–H groups in total. The van der Waals surface area contributed by atoms with Gasteiger partial charge in [0.25, 0.3) is 0 Å². The lowest BCUT2D eigenvalue weighted by atomic mass is 9.94. The number of nitrogens with one attached hydrogen (secondary N) is 1. The normalized spacial score (nSPS) is 16.6. The first-order chi connectivity index (χ1) is 9.67. The molecule has 1 fully saturated rings. The van der Waals surface area contributed by atoms with Gasteiger partial charge >= 0.3 is 0 Å². The number of ether oxygens (including phenoxy) is 1. The Hall–Kier alpha value is -0.480. The van der Waals surface area contributed by atoms with E-state index < -0.39 is 0 Å². The van der Waals surface area contributed by atoms with Gasteiger partial charge in [0.15, 0.2) is 0 Å². The molecule has 22 heavy (non-hydrogen) atoms. The van der Waals surface area contributed by atoms with Crippen molar-refractivity contribution < 1.29 is 4.74 Å². The van der Waals surface area contributed by atoms with Gasteiger partial charge in [-0.25, -0.2) is 0 Å². The number of hydrogen-bond donors (Lipinski definition) is 1. The fraction of sp³-hybridized carbons (Fsp3) is 0.647. The number of hydrogen-bond acceptors (Lipinski definition) is 3. The topological polar surface area (TPSA) is 24.5 Å². The van der Waals surface area contributed by atoms with Crippen molar-refractivity contribution in [3.8, 4) is 5.75 Å². The highest BCUT2D eigenvalue weighted by Gasteiger charge is 2.23. The molecular weight excluding hydrogens is 319 g/mol. The van der Waals surface area contributed by atoms with Crippen molar-refractivity contribution in [2.24, 2.45) is 0 Å². The largest absolute Gasteiger partial charge is 0.496 e. The average Bonchev–Trinajstić information content (AvgIpc) is 2.49. The van der Waals surface area contributed by atoms with Crippen LogP contribution in [0.25, 0.3) is 0 Å².